The third kappa shape index (κ3) is 3.04. The van der Waals surface area contributed by atoms with E-state index in [2.05, 4.69) is 18.7 Å². The van der Waals surface area contributed by atoms with Crippen molar-refractivity contribution < 1.29 is 9.90 Å². The van der Waals surface area contributed by atoms with Crippen LogP contribution in [-0.4, -0.2) is 35.6 Å². The van der Waals surface area contributed by atoms with Gasteiger partial charge < -0.3 is 10.0 Å². The molecule has 1 N–H and O–H groups in total. The van der Waals surface area contributed by atoms with Crippen LogP contribution in [-0.2, 0) is 10.2 Å². The molecule has 0 atom stereocenters. The van der Waals surface area contributed by atoms with Gasteiger partial charge in [0, 0.05) is 6.54 Å². The van der Waals surface area contributed by atoms with Crippen LogP contribution in [0.1, 0.15) is 37.8 Å². The van der Waals surface area contributed by atoms with E-state index in [0.717, 1.165) is 25.2 Å². The fourth-order valence-corrected chi connectivity index (χ4v) is 3.13. The number of hydrogen-bond acceptors (Lipinski definition) is 2. The molecule has 2 rings (SSSR count). The lowest BCUT2D eigenvalue weighted by Gasteiger charge is -2.39. The van der Waals surface area contributed by atoms with Crippen LogP contribution in [0.15, 0.2) is 24.3 Å². The van der Waals surface area contributed by atoms with Crippen LogP contribution in [0.5, 0.6) is 0 Å². The van der Waals surface area contributed by atoms with E-state index in [0.29, 0.717) is 18.8 Å². The monoisotopic (exact) mass is 275 g/mol. The number of likely N-dealkylation sites (tertiary alicyclic amines) is 1. The Balaban J connectivity index is 2.17. The number of carboxylic acid groups (broad SMARTS) is 1. The zero-order valence-corrected chi connectivity index (χ0v) is 12.7. The highest BCUT2D eigenvalue weighted by Crippen LogP contribution is 2.36. The highest BCUT2D eigenvalue weighted by molar-refractivity contribution is 5.81. The quantitative estimate of drug-likeness (QED) is 0.918. The summed E-state index contributed by atoms with van der Waals surface area (Å²) in [7, 11) is 0. The van der Waals surface area contributed by atoms with Crippen molar-refractivity contribution in [3.8, 4) is 0 Å². The zero-order valence-electron chi connectivity index (χ0n) is 12.7. The highest BCUT2D eigenvalue weighted by Gasteiger charge is 2.42. The number of nitrogens with zero attached hydrogens (tertiary/aromatic N) is 1. The number of benzene rings is 1. The third-order valence-electron chi connectivity index (χ3n) is 4.35. The van der Waals surface area contributed by atoms with Crippen molar-refractivity contribution in [2.45, 2.75) is 39.0 Å². The molecule has 0 bridgehead atoms. The molecule has 0 radical (unpaired) electrons. The van der Waals surface area contributed by atoms with Crippen LogP contribution < -0.4 is 0 Å². The third-order valence-corrected chi connectivity index (χ3v) is 4.35. The largest absolute Gasteiger partial charge is 0.481 e. The predicted octanol–water partition coefficient (Wildman–Crippen LogP) is 3.07. The first-order valence-corrected chi connectivity index (χ1v) is 7.47. The summed E-state index contributed by atoms with van der Waals surface area (Å²) in [6, 6.07) is 8.00. The van der Waals surface area contributed by atoms with E-state index in [9.17, 15) is 9.90 Å². The maximum absolute atomic E-state index is 11.9. The first-order chi connectivity index (χ1) is 9.44. The minimum Gasteiger partial charge on any atom is -0.481 e. The summed E-state index contributed by atoms with van der Waals surface area (Å²) in [6.07, 6.45) is 1.41. The van der Waals surface area contributed by atoms with E-state index in [1.54, 1.807) is 0 Å². The molecule has 1 aliphatic heterocycles. The number of aliphatic carboxylic acids is 1. The van der Waals surface area contributed by atoms with Gasteiger partial charge in [-0.1, -0.05) is 43.7 Å². The number of rotatable bonds is 4. The summed E-state index contributed by atoms with van der Waals surface area (Å²) < 4.78 is 0. The molecule has 1 heterocycles. The Hall–Kier alpha value is -1.35. The van der Waals surface area contributed by atoms with Gasteiger partial charge in [0.25, 0.3) is 0 Å². The summed E-state index contributed by atoms with van der Waals surface area (Å²) in [5.41, 5.74) is 1.44. The Morgan fingerprint density at radius 1 is 1.25 bits per heavy atom. The summed E-state index contributed by atoms with van der Waals surface area (Å²) in [6.45, 7) is 9.25. The maximum atomic E-state index is 11.9. The molecule has 0 spiro atoms. The standard InChI is InChI=1S/C17H25NO2/c1-13(2)12-18-10-8-17(9-11-18,16(19)20)15-6-4-14(3)5-7-15/h4-7,13H,8-12H2,1-3H3,(H,19,20). The number of hydrogen-bond donors (Lipinski definition) is 1. The SMILES string of the molecule is Cc1ccc(C2(C(=O)O)CCN(CC(C)C)CC2)cc1. The zero-order chi connectivity index (χ0) is 14.8. The van der Waals surface area contributed by atoms with Crippen LogP contribution in [0.3, 0.4) is 0 Å². The molecule has 20 heavy (non-hydrogen) atoms. The Morgan fingerprint density at radius 3 is 2.25 bits per heavy atom. The second-order valence-corrected chi connectivity index (χ2v) is 6.45. The van der Waals surface area contributed by atoms with Crippen molar-refractivity contribution in [3.05, 3.63) is 35.4 Å². The van der Waals surface area contributed by atoms with Gasteiger partial charge in [-0.3, -0.25) is 4.79 Å². The average Bonchev–Trinajstić information content (AvgIpc) is 2.40. The molecule has 0 aromatic heterocycles. The fourth-order valence-electron chi connectivity index (χ4n) is 3.13. The van der Waals surface area contributed by atoms with Crippen molar-refractivity contribution in [2.24, 2.45) is 5.92 Å². The van der Waals surface area contributed by atoms with Gasteiger partial charge in [-0.15, -0.1) is 0 Å². The summed E-state index contributed by atoms with van der Waals surface area (Å²) in [4.78, 5) is 14.3. The molecular weight excluding hydrogens is 250 g/mol. The first-order valence-electron chi connectivity index (χ1n) is 7.47. The Bertz CT molecular complexity index is 456. The molecule has 0 unspecified atom stereocenters. The van der Waals surface area contributed by atoms with Crippen LogP contribution in [0, 0.1) is 12.8 Å². The molecule has 3 heteroatoms. The molecular formula is C17H25NO2. The molecule has 110 valence electrons. The second kappa shape index (κ2) is 5.96. The van der Waals surface area contributed by atoms with Crippen LogP contribution in [0.25, 0.3) is 0 Å². The molecule has 1 aromatic carbocycles. The summed E-state index contributed by atoms with van der Waals surface area (Å²) in [5, 5.41) is 9.76. The summed E-state index contributed by atoms with van der Waals surface area (Å²) in [5.74, 6) is -0.0442. The lowest BCUT2D eigenvalue weighted by Crippen LogP contribution is -2.48. The number of aryl methyl sites for hydroxylation is 1. The van der Waals surface area contributed by atoms with E-state index >= 15 is 0 Å². The van der Waals surface area contributed by atoms with Gasteiger partial charge in [0.2, 0.25) is 0 Å². The number of carboxylic acids is 1. The smallest absolute Gasteiger partial charge is 0.314 e. The van der Waals surface area contributed by atoms with Crippen LogP contribution in [0.2, 0.25) is 0 Å². The van der Waals surface area contributed by atoms with Crippen molar-refractivity contribution in [3.63, 3.8) is 0 Å². The lowest BCUT2D eigenvalue weighted by atomic mass is 9.72. The predicted molar refractivity (Wildman–Crippen MR) is 81.0 cm³/mol. The Kier molecular flexibility index (Phi) is 4.48. The minimum absolute atomic E-state index is 0.631. The molecule has 1 fully saturated rings. The fraction of sp³-hybridized carbons (Fsp3) is 0.588. The van der Waals surface area contributed by atoms with Gasteiger partial charge in [0.15, 0.2) is 0 Å². The van der Waals surface area contributed by atoms with Crippen molar-refractivity contribution in [1.29, 1.82) is 0 Å². The van der Waals surface area contributed by atoms with Crippen molar-refractivity contribution >= 4 is 5.97 Å². The highest BCUT2D eigenvalue weighted by atomic mass is 16.4. The maximum Gasteiger partial charge on any atom is 0.314 e. The van der Waals surface area contributed by atoms with E-state index in [4.69, 9.17) is 0 Å². The molecule has 0 amide bonds. The van der Waals surface area contributed by atoms with Gasteiger partial charge in [-0.05, 0) is 44.3 Å². The lowest BCUT2D eigenvalue weighted by molar-refractivity contribution is -0.146. The van der Waals surface area contributed by atoms with Crippen molar-refractivity contribution in [2.75, 3.05) is 19.6 Å². The minimum atomic E-state index is -0.693. The van der Waals surface area contributed by atoms with Crippen LogP contribution >= 0.6 is 0 Å². The number of piperidine rings is 1. The Labute approximate surface area is 121 Å². The molecule has 0 aliphatic carbocycles. The van der Waals surface area contributed by atoms with E-state index < -0.39 is 11.4 Å². The second-order valence-electron chi connectivity index (χ2n) is 6.45. The Morgan fingerprint density at radius 2 is 1.80 bits per heavy atom. The van der Waals surface area contributed by atoms with Crippen LogP contribution in [0.4, 0.5) is 0 Å². The molecule has 0 saturated carbocycles. The number of carbonyl (C=O) groups is 1. The van der Waals surface area contributed by atoms with E-state index in [1.165, 1.54) is 5.56 Å². The average molecular weight is 275 g/mol. The van der Waals surface area contributed by atoms with Gasteiger partial charge >= 0.3 is 5.97 Å². The van der Waals surface area contributed by atoms with Gasteiger partial charge in [-0.25, -0.2) is 0 Å². The first kappa shape index (κ1) is 15.0. The summed E-state index contributed by atoms with van der Waals surface area (Å²) >= 11 is 0. The topological polar surface area (TPSA) is 40.5 Å². The molecule has 3 nitrogen and oxygen atoms in total. The molecule has 1 aliphatic rings. The molecule has 1 saturated heterocycles. The molecule has 1 aromatic rings. The normalized spacial score (nSPS) is 19.2. The van der Waals surface area contributed by atoms with Crippen molar-refractivity contribution in [1.82, 2.24) is 4.90 Å². The van der Waals surface area contributed by atoms with E-state index in [1.807, 2.05) is 31.2 Å². The van der Waals surface area contributed by atoms with Gasteiger partial charge in [-0.2, -0.15) is 0 Å². The van der Waals surface area contributed by atoms with Gasteiger partial charge in [0.05, 0.1) is 5.41 Å². The van der Waals surface area contributed by atoms with Gasteiger partial charge in [0.1, 0.15) is 0 Å². The van der Waals surface area contributed by atoms with E-state index in [-0.39, 0.29) is 0 Å².